The Morgan fingerprint density at radius 2 is 1.34 bits per heavy atom. The first-order valence-electron chi connectivity index (χ1n) is 9.44. The first-order valence-corrected chi connectivity index (χ1v) is 10.6. The topological polar surface area (TPSA) is 84.5 Å². The van der Waals surface area contributed by atoms with Crippen molar-refractivity contribution in [1.29, 1.82) is 0 Å². The van der Waals surface area contributed by atoms with Gasteiger partial charge in [0, 0.05) is 11.4 Å². The second-order valence-corrected chi connectivity index (χ2v) is 7.66. The largest absolute Gasteiger partial charge is 0.459 e. The van der Waals surface area contributed by atoms with Gasteiger partial charge in [0.1, 0.15) is 0 Å². The van der Waals surface area contributed by atoms with Crippen LogP contribution in [0.15, 0.2) is 48.5 Å². The number of rotatable bonds is 9. The number of ether oxygens (including phenoxy) is 1. The third-order valence-electron chi connectivity index (χ3n) is 3.86. The zero-order chi connectivity index (χ0) is 21.2. The fourth-order valence-corrected chi connectivity index (χ4v) is 3.04. The van der Waals surface area contributed by atoms with Crippen LogP contribution in [0.4, 0.5) is 11.4 Å². The van der Waals surface area contributed by atoms with E-state index in [4.69, 9.17) is 4.74 Å². The summed E-state index contributed by atoms with van der Waals surface area (Å²) in [7, 11) is 0. The Bertz CT molecular complexity index is 833. The number of amides is 2. The molecule has 7 heteroatoms. The highest BCUT2D eigenvalue weighted by atomic mass is 32.2. The molecule has 0 aromatic heterocycles. The third-order valence-corrected chi connectivity index (χ3v) is 4.79. The fraction of sp³-hybridized carbons (Fsp3) is 0.318. The first-order chi connectivity index (χ1) is 13.9. The lowest BCUT2D eigenvalue weighted by atomic mass is 10.1. The lowest BCUT2D eigenvalue weighted by molar-refractivity contribution is -0.114. The van der Waals surface area contributed by atoms with Crippen molar-refractivity contribution in [3.05, 3.63) is 59.7 Å². The average Bonchev–Trinajstić information content (AvgIpc) is 2.68. The van der Waals surface area contributed by atoms with Crippen molar-refractivity contribution in [2.45, 2.75) is 33.3 Å². The van der Waals surface area contributed by atoms with Crippen LogP contribution in [-0.2, 0) is 20.7 Å². The van der Waals surface area contributed by atoms with E-state index in [1.165, 1.54) is 17.3 Å². The van der Waals surface area contributed by atoms with Gasteiger partial charge in [0.2, 0.25) is 11.8 Å². The predicted molar refractivity (Wildman–Crippen MR) is 117 cm³/mol. The maximum atomic E-state index is 12.0. The van der Waals surface area contributed by atoms with Gasteiger partial charge in [0.15, 0.2) is 0 Å². The highest BCUT2D eigenvalue weighted by Gasteiger charge is 2.10. The number of esters is 1. The normalized spacial score (nSPS) is 10.5. The van der Waals surface area contributed by atoms with Crippen molar-refractivity contribution in [3.8, 4) is 0 Å². The average molecular weight is 415 g/mol. The van der Waals surface area contributed by atoms with Gasteiger partial charge in [-0.05, 0) is 62.2 Å². The molecule has 0 saturated heterocycles. The van der Waals surface area contributed by atoms with Crippen LogP contribution in [0.2, 0.25) is 0 Å². The second kappa shape index (κ2) is 11.3. The molecule has 29 heavy (non-hydrogen) atoms. The zero-order valence-electron chi connectivity index (χ0n) is 16.9. The van der Waals surface area contributed by atoms with Gasteiger partial charge in [0.25, 0.3) is 0 Å². The number of benzene rings is 2. The van der Waals surface area contributed by atoms with Crippen LogP contribution in [0.3, 0.4) is 0 Å². The summed E-state index contributed by atoms with van der Waals surface area (Å²) in [4.78, 5) is 35.8. The molecule has 2 aromatic rings. The van der Waals surface area contributed by atoms with E-state index in [2.05, 4.69) is 17.6 Å². The Balaban J connectivity index is 1.72. The van der Waals surface area contributed by atoms with E-state index in [1.54, 1.807) is 38.1 Å². The highest BCUT2D eigenvalue weighted by molar-refractivity contribution is 8.00. The summed E-state index contributed by atoms with van der Waals surface area (Å²) in [5, 5.41) is 5.55. The van der Waals surface area contributed by atoms with Gasteiger partial charge < -0.3 is 15.4 Å². The Morgan fingerprint density at radius 3 is 1.79 bits per heavy atom. The molecule has 154 valence electrons. The molecule has 0 aliphatic carbocycles. The van der Waals surface area contributed by atoms with Crippen molar-refractivity contribution in [1.82, 2.24) is 0 Å². The second-order valence-electron chi connectivity index (χ2n) is 6.67. The third kappa shape index (κ3) is 7.99. The van der Waals surface area contributed by atoms with E-state index in [-0.39, 0.29) is 29.4 Å². The number of carbonyl (C=O) groups is 3. The number of carbonyl (C=O) groups excluding carboxylic acids is 3. The minimum absolute atomic E-state index is 0.152. The van der Waals surface area contributed by atoms with Crippen LogP contribution in [0.5, 0.6) is 0 Å². The number of thioether (sulfide) groups is 1. The quantitative estimate of drug-likeness (QED) is 0.603. The van der Waals surface area contributed by atoms with E-state index < -0.39 is 5.97 Å². The molecule has 2 N–H and O–H groups in total. The Labute approximate surface area is 175 Å². The molecule has 0 aliphatic rings. The maximum absolute atomic E-state index is 12.0. The lowest BCUT2D eigenvalue weighted by Crippen LogP contribution is -2.18. The molecule has 2 amide bonds. The molecule has 0 aliphatic heterocycles. The van der Waals surface area contributed by atoms with E-state index >= 15 is 0 Å². The Hall–Kier alpha value is -2.80. The molecular formula is C22H26N2O4S. The predicted octanol–water partition coefficient (Wildman–Crippen LogP) is 4.12. The summed E-state index contributed by atoms with van der Waals surface area (Å²) in [5.74, 6) is -0.432. The van der Waals surface area contributed by atoms with Crippen molar-refractivity contribution >= 4 is 40.9 Å². The number of hydrogen-bond acceptors (Lipinski definition) is 5. The number of anilines is 2. The number of hydrogen-bond donors (Lipinski definition) is 2. The SMILES string of the molecule is CCc1ccc(NC(=O)CSCC(=O)Nc2ccc(C(=O)OC(C)C)cc2)cc1. The number of aryl methyl sites for hydroxylation is 1. The van der Waals surface area contributed by atoms with Gasteiger partial charge in [-0.1, -0.05) is 19.1 Å². The van der Waals surface area contributed by atoms with Gasteiger partial charge in [0.05, 0.1) is 23.2 Å². The van der Waals surface area contributed by atoms with Crippen LogP contribution in [0, 0.1) is 0 Å². The Kier molecular flexibility index (Phi) is 8.73. The minimum atomic E-state index is -0.399. The van der Waals surface area contributed by atoms with Crippen molar-refractivity contribution in [2.75, 3.05) is 22.1 Å². The molecule has 0 spiro atoms. The highest BCUT2D eigenvalue weighted by Crippen LogP contribution is 2.13. The smallest absolute Gasteiger partial charge is 0.338 e. The van der Waals surface area contributed by atoms with Crippen molar-refractivity contribution < 1.29 is 19.1 Å². The molecule has 2 aromatic carbocycles. The van der Waals surface area contributed by atoms with Crippen LogP contribution in [0.25, 0.3) is 0 Å². The summed E-state index contributed by atoms with van der Waals surface area (Å²) >= 11 is 1.23. The molecule has 0 atom stereocenters. The molecule has 0 saturated carbocycles. The molecule has 0 radical (unpaired) electrons. The maximum Gasteiger partial charge on any atom is 0.338 e. The zero-order valence-corrected chi connectivity index (χ0v) is 17.7. The molecule has 6 nitrogen and oxygen atoms in total. The van der Waals surface area contributed by atoms with Gasteiger partial charge in [-0.2, -0.15) is 0 Å². The molecule has 0 fully saturated rings. The molecule has 0 bridgehead atoms. The van der Waals surface area contributed by atoms with Crippen molar-refractivity contribution in [3.63, 3.8) is 0 Å². The van der Waals surface area contributed by atoms with Gasteiger partial charge >= 0.3 is 5.97 Å². The molecule has 0 unspecified atom stereocenters. The van der Waals surface area contributed by atoms with Crippen LogP contribution < -0.4 is 10.6 Å². The summed E-state index contributed by atoms with van der Waals surface area (Å²) in [6.45, 7) is 5.64. The van der Waals surface area contributed by atoms with E-state index in [0.717, 1.165) is 12.1 Å². The standard InChI is InChI=1S/C22H26N2O4S/c1-4-16-5-9-18(10-6-16)23-20(25)13-29-14-21(26)24-19-11-7-17(8-12-19)22(27)28-15(2)3/h5-12,15H,4,13-14H2,1-3H3,(H,23,25)(H,24,26). The van der Waals surface area contributed by atoms with Gasteiger partial charge in [-0.15, -0.1) is 11.8 Å². The van der Waals surface area contributed by atoms with Crippen LogP contribution in [-0.4, -0.2) is 35.4 Å². The summed E-state index contributed by atoms with van der Waals surface area (Å²) in [5.41, 5.74) is 2.96. The van der Waals surface area contributed by atoms with E-state index in [1.807, 2.05) is 24.3 Å². The lowest BCUT2D eigenvalue weighted by Gasteiger charge is -2.09. The summed E-state index contributed by atoms with van der Waals surface area (Å²) in [6.07, 6.45) is 0.760. The molecule has 2 rings (SSSR count). The summed E-state index contributed by atoms with van der Waals surface area (Å²) in [6, 6.07) is 14.2. The monoisotopic (exact) mass is 414 g/mol. The fourth-order valence-electron chi connectivity index (χ4n) is 2.43. The summed E-state index contributed by atoms with van der Waals surface area (Å²) < 4.78 is 5.12. The van der Waals surface area contributed by atoms with Gasteiger partial charge in [-0.3, -0.25) is 9.59 Å². The van der Waals surface area contributed by atoms with E-state index in [0.29, 0.717) is 11.3 Å². The first kappa shape index (κ1) is 22.5. The minimum Gasteiger partial charge on any atom is -0.459 e. The van der Waals surface area contributed by atoms with Crippen LogP contribution >= 0.6 is 11.8 Å². The van der Waals surface area contributed by atoms with Crippen LogP contribution in [0.1, 0.15) is 36.7 Å². The molecular weight excluding hydrogens is 388 g/mol. The van der Waals surface area contributed by atoms with Crippen molar-refractivity contribution in [2.24, 2.45) is 0 Å². The van der Waals surface area contributed by atoms with E-state index in [9.17, 15) is 14.4 Å². The van der Waals surface area contributed by atoms with Gasteiger partial charge in [-0.25, -0.2) is 4.79 Å². The Morgan fingerprint density at radius 1 is 0.862 bits per heavy atom. The molecule has 0 heterocycles. The number of nitrogens with one attached hydrogen (secondary N) is 2.